The molecule has 0 fully saturated rings. The van der Waals surface area contributed by atoms with E-state index in [-0.39, 0.29) is 5.57 Å². The molecule has 0 aliphatic rings. The highest BCUT2D eigenvalue weighted by Gasteiger charge is 2.09. The molecule has 27 heavy (non-hydrogen) atoms. The van der Waals surface area contributed by atoms with Crippen LogP contribution in [0.3, 0.4) is 0 Å². The summed E-state index contributed by atoms with van der Waals surface area (Å²) in [4.78, 5) is 13.3. The highest BCUT2D eigenvalue weighted by molar-refractivity contribution is 6.00. The summed E-state index contributed by atoms with van der Waals surface area (Å²) in [6.07, 6.45) is 5.64. The Kier molecular flexibility index (Phi) is 6.04. The zero-order chi connectivity index (χ0) is 20.1. The third-order valence-corrected chi connectivity index (χ3v) is 4.39. The molecule has 0 atom stereocenters. The number of allylic oxidation sites excluding steroid dienone is 2. The summed E-state index contributed by atoms with van der Waals surface area (Å²) in [6.45, 7) is 6.18. The molecule has 0 saturated carbocycles. The van der Waals surface area contributed by atoms with Crippen LogP contribution < -0.4 is 16.2 Å². The van der Waals surface area contributed by atoms with Crippen LogP contribution in [-0.4, -0.2) is 29.5 Å². The lowest BCUT2D eigenvalue weighted by atomic mass is 10.1. The second-order valence-electron chi connectivity index (χ2n) is 6.40. The second-order valence-corrected chi connectivity index (χ2v) is 6.40. The normalized spacial score (nSPS) is 12.8. The van der Waals surface area contributed by atoms with Crippen LogP contribution in [0.25, 0.3) is 30.0 Å². The van der Waals surface area contributed by atoms with E-state index in [4.69, 9.17) is 11.0 Å². The molecule has 5 heteroatoms. The zero-order valence-electron chi connectivity index (χ0n) is 16.2. The van der Waals surface area contributed by atoms with Crippen molar-refractivity contribution < 1.29 is 4.79 Å². The van der Waals surface area contributed by atoms with Gasteiger partial charge in [0.2, 0.25) is 0 Å². The van der Waals surface area contributed by atoms with Gasteiger partial charge in [-0.05, 0) is 53.3 Å². The van der Waals surface area contributed by atoms with Crippen LogP contribution in [0.1, 0.15) is 12.6 Å². The Morgan fingerprint density at radius 3 is 2.52 bits per heavy atom. The Labute approximate surface area is 159 Å². The van der Waals surface area contributed by atoms with Crippen molar-refractivity contribution in [2.45, 2.75) is 6.92 Å². The molecular weight excluding hydrogens is 336 g/mol. The molecule has 2 aromatic rings. The molecule has 0 radical (unpaired) electrons. The molecule has 1 amide bonds. The van der Waals surface area contributed by atoms with Gasteiger partial charge in [0.1, 0.15) is 11.6 Å². The fourth-order valence-corrected chi connectivity index (χ4v) is 2.80. The maximum Gasteiger partial charge on any atom is 0.259 e. The van der Waals surface area contributed by atoms with Crippen LogP contribution in [0.2, 0.25) is 0 Å². The van der Waals surface area contributed by atoms with Crippen molar-refractivity contribution in [1.82, 2.24) is 9.47 Å². The van der Waals surface area contributed by atoms with Gasteiger partial charge in [-0.2, -0.15) is 5.26 Å². The molecule has 0 unspecified atom stereocenters. The Hall–Kier alpha value is -3.52. The van der Waals surface area contributed by atoms with E-state index in [2.05, 4.69) is 23.6 Å². The quantitative estimate of drug-likeness (QED) is 0.652. The van der Waals surface area contributed by atoms with E-state index < -0.39 is 5.91 Å². The van der Waals surface area contributed by atoms with Crippen molar-refractivity contribution in [1.29, 1.82) is 5.26 Å². The van der Waals surface area contributed by atoms with E-state index in [0.717, 1.165) is 33.1 Å². The SMILES string of the molecule is C=c1cc(-c2ccc(/C=C(\C#N)C(N)=O)n2C)cc/c1=C/C(=C\C)N(C)C. The van der Waals surface area contributed by atoms with Gasteiger partial charge in [0.25, 0.3) is 5.91 Å². The van der Waals surface area contributed by atoms with Crippen LogP contribution in [0.4, 0.5) is 0 Å². The number of primary amides is 1. The first-order valence-electron chi connectivity index (χ1n) is 8.50. The number of nitrogens with two attached hydrogens (primary N) is 1. The number of carbonyl (C=O) groups is 1. The molecule has 1 aromatic carbocycles. The molecular formula is C22H24N4O. The number of nitrogens with zero attached hydrogens (tertiary/aromatic N) is 3. The first kappa shape index (κ1) is 19.8. The monoisotopic (exact) mass is 360 g/mol. The van der Waals surface area contributed by atoms with Gasteiger partial charge in [0.15, 0.2) is 0 Å². The predicted molar refractivity (Wildman–Crippen MR) is 110 cm³/mol. The number of nitriles is 1. The standard InChI is InChI=1S/C22H24N4O/c1-6-19(25(3)4)12-16-7-8-17(11-15(16)2)21-10-9-20(26(21)5)13-18(14-23)22(24)27/h6-13H,2H2,1,3-5H3,(H2,24,27)/b16-12-,18-13+,19-6+. The highest BCUT2D eigenvalue weighted by atomic mass is 16.1. The fourth-order valence-electron chi connectivity index (χ4n) is 2.80. The van der Waals surface area contributed by atoms with Crippen LogP contribution >= 0.6 is 0 Å². The number of amides is 1. The first-order valence-corrected chi connectivity index (χ1v) is 8.50. The summed E-state index contributed by atoms with van der Waals surface area (Å²) in [6, 6.07) is 11.7. The van der Waals surface area contributed by atoms with E-state index >= 15 is 0 Å². The third kappa shape index (κ3) is 4.36. The summed E-state index contributed by atoms with van der Waals surface area (Å²) >= 11 is 0. The molecule has 5 nitrogen and oxygen atoms in total. The van der Waals surface area contributed by atoms with E-state index in [1.54, 1.807) is 0 Å². The van der Waals surface area contributed by atoms with E-state index in [9.17, 15) is 4.79 Å². The molecule has 2 N–H and O–H groups in total. The van der Waals surface area contributed by atoms with E-state index in [1.165, 1.54) is 6.08 Å². The first-order chi connectivity index (χ1) is 12.8. The number of rotatable bonds is 5. The summed E-state index contributed by atoms with van der Waals surface area (Å²) in [7, 11) is 5.89. The highest BCUT2D eigenvalue weighted by Crippen LogP contribution is 2.21. The van der Waals surface area contributed by atoms with Gasteiger partial charge in [-0.1, -0.05) is 24.8 Å². The molecule has 0 aliphatic heterocycles. The Bertz CT molecular complexity index is 1080. The molecule has 0 aliphatic carbocycles. The van der Waals surface area contributed by atoms with Gasteiger partial charge in [0, 0.05) is 38.2 Å². The van der Waals surface area contributed by atoms with Crippen LogP contribution in [0.5, 0.6) is 0 Å². The topological polar surface area (TPSA) is 75.0 Å². The van der Waals surface area contributed by atoms with Gasteiger partial charge < -0.3 is 15.2 Å². The second kappa shape index (κ2) is 8.24. The molecule has 0 spiro atoms. The zero-order valence-corrected chi connectivity index (χ0v) is 16.2. The minimum atomic E-state index is -0.735. The lowest BCUT2D eigenvalue weighted by molar-refractivity contribution is -0.114. The van der Waals surface area contributed by atoms with Gasteiger partial charge in [-0.25, -0.2) is 0 Å². The molecule has 1 heterocycles. The van der Waals surface area contributed by atoms with Gasteiger partial charge >= 0.3 is 0 Å². The summed E-state index contributed by atoms with van der Waals surface area (Å²) in [5.41, 5.74) is 8.93. The van der Waals surface area contributed by atoms with E-state index in [1.807, 2.05) is 69.0 Å². The lowest BCUT2D eigenvalue weighted by Gasteiger charge is -2.13. The predicted octanol–water partition coefficient (Wildman–Crippen LogP) is 1.74. The molecule has 1 aromatic heterocycles. The minimum Gasteiger partial charge on any atom is -0.378 e. The number of benzene rings is 1. The number of hydrogen-bond donors (Lipinski definition) is 1. The fraction of sp³-hybridized carbons (Fsp3) is 0.182. The number of aromatic nitrogens is 1. The van der Waals surface area contributed by atoms with Gasteiger partial charge in [-0.3, -0.25) is 4.79 Å². The summed E-state index contributed by atoms with van der Waals surface area (Å²) in [5, 5.41) is 11.0. The minimum absolute atomic E-state index is 0.0758. The van der Waals surface area contributed by atoms with Crippen LogP contribution in [0, 0.1) is 11.3 Å². The summed E-state index contributed by atoms with van der Waals surface area (Å²) in [5.74, 6) is -0.735. The average Bonchev–Trinajstić information content (AvgIpc) is 2.98. The largest absolute Gasteiger partial charge is 0.378 e. The molecule has 138 valence electrons. The lowest BCUT2D eigenvalue weighted by Crippen LogP contribution is -2.24. The Balaban J connectivity index is 2.49. The van der Waals surface area contributed by atoms with Crippen molar-refractivity contribution in [3.05, 3.63) is 63.8 Å². The number of hydrogen-bond acceptors (Lipinski definition) is 3. The van der Waals surface area contributed by atoms with Crippen molar-refractivity contribution in [3.8, 4) is 17.3 Å². The van der Waals surface area contributed by atoms with Crippen molar-refractivity contribution in [2.24, 2.45) is 12.8 Å². The third-order valence-electron chi connectivity index (χ3n) is 4.39. The van der Waals surface area contributed by atoms with Gasteiger partial charge in [0.05, 0.1) is 0 Å². The van der Waals surface area contributed by atoms with Crippen LogP contribution in [0.15, 0.2) is 47.7 Å². The van der Waals surface area contributed by atoms with Gasteiger partial charge in [-0.15, -0.1) is 0 Å². The van der Waals surface area contributed by atoms with Crippen molar-refractivity contribution >= 4 is 24.6 Å². The Morgan fingerprint density at radius 2 is 2.00 bits per heavy atom. The number of carbonyl (C=O) groups excluding carboxylic acids is 1. The average molecular weight is 360 g/mol. The van der Waals surface area contributed by atoms with Crippen LogP contribution in [-0.2, 0) is 11.8 Å². The molecule has 0 bridgehead atoms. The van der Waals surface area contributed by atoms with Crippen molar-refractivity contribution in [3.63, 3.8) is 0 Å². The molecule has 0 saturated heterocycles. The maximum absolute atomic E-state index is 11.3. The van der Waals surface area contributed by atoms with Crippen molar-refractivity contribution in [2.75, 3.05) is 14.1 Å². The summed E-state index contributed by atoms with van der Waals surface area (Å²) < 4.78 is 1.91. The maximum atomic E-state index is 11.3. The molecule has 2 rings (SSSR count). The van der Waals surface area contributed by atoms with E-state index in [0.29, 0.717) is 0 Å². The smallest absolute Gasteiger partial charge is 0.259 e. The Morgan fingerprint density at radius 1 is 1.30 bits per heavy atom.